The molecule has 9 heteroatoms. The lowest BCUT2D eigenvalue weighted by molar-refractivity contribution is -0.125. The third-order valence-electron chi connectivity index (χ3n) is 3.81. The average molecular weight is 363 g/mol. The van der Waals surface area contributed by atoms with E-state index in [0.29, 0.717) is 16.3 Å². The van der Waals surface area contributed by atoms with Gasteiger partial charge in [0.1, 0.15) is 5.82 Å². The summed E-state index contributed by atoms with van der Waals surface area (Å²) >= 11 is 5.79. The number of aromatic amines is 1. The first kappa shape index (κ1) is 17.0. The summed E-state index contributed by atoms with van der Waals surface area (Å²) in [4.78, 5) is 42.9. The van der Waals surface area contributed by atoms with Gasteiger partial charge < -0.3 is 15.4 Å². The number of rotatable bonds is 4. The number of nitrogens with one attached hydrogen (secondary N) is 3. The number of aromatic nitrogens is 2. The molecule has 0 fully saturated rings. The number of nitrogens with zero attached hydrogens (tertiary/aromatic N) is 1. The first-order valence-electron chi connectivity index (χ1n) is 7.49. The van der Waals surface area contributed by atoms with E-state index in [2.05, 4.69) is 20.6 Å². The lowest BCUT2D eigenvalue weighted by Gasteiger charge is -2.22. The summed E-state index contributed by atoms with van der Waals surface area (Å²) in [6.45, 7) is 0. The molecule has 3 rings (SSSR count). The number of hydrogen-bond acceptors (Lipinski definition) is 5. The van der Waals surface area contributed by atoms with Crippen LogP contribution in [0.2, 0.25) is 5.02 Å². The van der Waals surface area contributed by atoms with Gasteiger partial charge in [-0.3, -0.25) is 19.4 Å². The van der Waals surface area contributed by atoms with Gasteiger partial charge in [-0.05, 0) is 30.7 Å². The number of carbonyl (C=O) groups excluding carboxylic acids is 2. The van der Waals surface area contributed by atoms with Crippen LogP contribution in [0.15, 0.2) is 29.1 Å². The molecule has 2 aromatic rings. The number of methoxy groups -OCH3 is 1. The van der Waals surface area contributed by atoms with E-state index in [0.717, 1.165) is 0 Å². The van der Waals surface area contributed by atoms with E-state index in [1.54, 1.807) is 24.3 Å². The second kappa shape index (κ2) is 6.94. The van der Waals surface area contributed by atoms with Gasteiger partial charge in [0.25, 0.3) is 11.6 Å². The topological polar surface area (TPSA) is 113 Å². The lowest BCUT2D eigenvalue weighted by atomic mass is 9.92. The number of amides is 2. The Kier molecular flexibility index (Phi) is 4.71. The van der Waals surface area contributed by atoms with Crippen LogP contribution in [-0.2, 0) is 16.0 Å². The minimum atomic E-state index is -0.656. The van der Waals surface area contributed by atoms with Crippen molar-refractivity contribution in [2.45, 2.75) is 12.8 Å². The molecule has 1 unspecified atom stereocenters. The monoisotopic (exact) mass is 362 g/mol. The van der Waals surface area contributed by atoms with Crippen LogP contribution < -0.4 is 20.9 Å². The van der Waals surface area contributed by atoms with Gasteiger partial charge in [-0.25, -0.2) is 0 Å². The fraction of sp³-hybridized carbons (Fsp3) is 0.250. The van der Waals surface area contributed by atoms with Crippen molar-refractivity contribution < 1.29 is 14.3 Å². The molecule has 1 aromatic carbocycles. The van der Waals surface area contributed by atoms with Crippen molar-refractivity contribution in [3.63, 3.8) is 0 Å². The zero-order chi connectivity index (χ0) is 18.0. The highest BCUT2D eigenvalue weighted by atomic mass is 35.5. The number of carbonyl (C=O) groups is 2. The fourth-order valence-corrected chi connectivity index (χ4v) is 2.68. The van der Waals surface area contributed by atoms with Crippen molar-refractivity contribution >= 4 is 34.9 Å². The Labute approximate surface area is 147 Å². The minimum Gasteiger partial charge on any atom is -0.468 e. The number of fused-ring (bicyclic) bond motifs is 1. The van der Waals surface area contributed by atoms with Gasteiger partial charge in [0.15, 0.2) is 0 Å². The molecule has 2 amide bonds. The van der Waals surface area contributed by atoms with Crippen LogP contribution in [-0.4, -0.2) is 28.9 Å². The molecule has 0 saturated carbocycles. The van der Waals surface area contributed by atoms with Crippen molar-refractivity contribution in [2.75, 3.05) is 17.7 Å². The summed E-state index contributed by atoms with van der Waals surface area (Å²) in [6, 6.07) is 6.65. The highest BCUT2D eigenvalue weighted by Gasteiger charge is 2.31. The van der Waals surface area contributed by atoms with Crippen LogP contribution in [0.3, 0.4) is 0 Å². The summed E-state index contributed by atoms with van der Waals surface area (Å²) in [5.41, 5.74) is 0.505. The molecule has 1 atom stereocenters. The summed E-state index contributed by atoms with van der Waals surface area (Å²) in [7, 11) is 1.36. The number of benzene rings is 1. The highest BCUT2D eigenvalue weighted by Crippen LogP contribution is 2.24. The fourth-order valence-electron chi connectivity index (χ4n) is 2.56. The van der Waals surface area contributed by atoms with E-state index in [1.165, 1.54) is 7.11 Å². The first-order chi connectivity index (χ1) is 12.0. The molecule has 2 heterocycles. The van der Waals surface area contributed by atoms with Gasteiger partial charge in [-0.2, -0.15) is 4.98 Å². The SMILES string of the molecule is COc1nc2c(c(=O)[nH]1)CC(CC(=O)Nc1ccc(Cl)cc1)C(=O)N2. The van der Waals surface area contributed by atoms with Crippen molar-refractivity contribution in [1.29, 1.82) is 0 Å². The molecule has 25 heavy (non-hydrogen) atoms. The number of ether oxygens (including phenoxy) is 1. The molecular formula is C16H15ClN4O4. The maximum absolute atomic E-state index is 12.2. The number of anilines is 2. The molecule has 1 aromatic heterocycles. The molecule has 0 saturated heterocycles. The third-order valence-corrected chi connectivity index (χ3v) is 4.06. The molecule has 1 aliphatic heterocycles. The van der Waals surface area contributed by atoms with E-state index in [4.69, 9.17) is 16.3 Å². The lowest BCUT2D eigenvalue weighted by Crippen LogP contribution is -2.36. The summed E-state index contributed by atoms with van der Waals surface area (Å²) < 4.78 is 4.87. The highest BCUT2D eigenvalue weighted by molar-refractivity contribution is 6.30. The van der Waals surface area contributed by atoms with Gasteiger partial charge in [-0.15, -0.1) is 0 Å². The average Bonchev–Trinajstić information content (AvgIpc) is 2.58. The molecule has 1 aliphatic rings. The molecule has 0 radical (unpaired) electrons. The second-order valence-corrected chi connectivity index (χ2v) is 5.99. The van der Waals surface area contributed by atoms with Crippen molar-refractivity contribution in [3.8, 4) is 6.01 Å². The smallest absolute Gasteiger partial charge is 0.298 e. The Morgan fingerprint density at radius 1 is 1.36 bits per heavy atom. The summed E-state index contributed by atoms with van der Waals surface area (Å²) in [5, 5.41) is 5.81. The van der Waals surface area contributed by atoms with Crippen LogP contribution >= 0.6 is 11.6 Å². The molecule has 8 nitrogen and oxygen atoms in total. The standard InChI is InChI=1S/C16H15ClN4O4/c1-25-16-20-13-11(15(24)21-16)6-8(14(23)19-13)7-12(22)18-10-4-2-9(17)3-5-10/h2-5,8H,6-7H2,1H3,(H,18,22)(H2,19,20,21,23,24). The van der Waals surface area contributed by atoms with Gasteiger partial charge >= 0.3 is 0 Å². The van der Waals surface area contributed by atoms with Gasteiger partial charge in [0.05, 0.1) is 18.6 Å². The zero-order valence-electron chi connectivity index (χ0n) is 13.3. The summed E-state index contributed by atoms with van der Waals surface area (Å²) in [6.07, 6.45) is 0.0703. The molecule has 0 spiro atoms. The zero-order valence-corrected chi connectivity index (χ0v) is 14.0. The van der Waals surface area contributed by atoms with E-state index in [-0.39, 0.29) is 36.5 Å². The predicted octanol–water partition coefficient (Wildman–Crippen LogP) is 1.57. The van der Waals surface area contributed by atoms with Crippen molar-refractivity contribution in [1.82, 2.24) is 9.97 Å². The maximum Gasteiger partial charge on any atom is 0.298 e. The summed E-state index contributed by atoms with van der Waals surface area (Å²) in [5.74, 6) is -1.18. The minimum absolute atomic E-state index is 0.0166. The van der Waals surface area contributed by atoms with E-state index in [1.807, 2.05) is 0 Å². The van der Waals surface area contributed by atoms with Crippen molar-refractivity contribution in [2.24, 2.45) is 5.92 Å². The second-order valence-electron chi connectivity index (χ2n) is 5.55. The number of H-pyrrole nitrogens is 1. The Bertz CT molecular complexity index is 879. The van der Waals surface area contributed by atoms with Crippen LogP contribution in [0.5, 0.6) is 6.01 Å². The Hall–Kier alpha value is -2.87. The van der Waals surface area contributed by atoms with Crippen LogP contribution in [0.25, 0.3) is 0 Å². The van der Waals surface area contributed by atoms with Gasteiger partial charge in [0, 0.05) is 17.1 Å². The van der Waals surface area contributed by atoms with Crippen LogP contribution in [0.1, 0.15) is 12.0 Å². The van der Waals surface area contributed by atoms with E-state index < -0.39 is 11.5 Å². The maximum atomic E-state index is 12.2. The van der Waals surface area contributed by atoms with Crippen LogP contribution in [0.4, 0.5) is 11.5 Å². The van der Waals surface area contributed by atoms with Crippen molar-refractivity contribution in [3.05, 3.63) is 45.2 Å². The molecule has 0 aliphatic carbocycles. The Balaban J connectivity index is 1.71. The molecule has 0 bridgehead atoms. The predicted molar refractivity (Wildman–Crippen MR) is 91.9 cm³/mol. The third kappa shape index (κ3) is 3.80. The first-order valence-corrected chi connectivity index (χ1v) is 7.87. The van der Waals surface area contributed by atoms with Gasteiger partial charge in [-0.1, -0.05) is 11.6 Å². The van der Waals surface area contributed by atoms with E-state index in [9.17, 15) is 14.4 Å². The normalized spacial score (nSPS) is 15.9. The Morgan fingerprint density at radius 3 is 2.76 bits per heavy atom. The van der Waals surface area contributed by atoms with Crippen LogP contribution in [0, 0.1) is 5.92 Å². The molecule has 3 N–H and O–H groups in total. The molecule has 130 valence electrons. The number of hydrogen-bond donors (Lipinski definition) is 3. The Morgan fingerprint density at radius 2 is 2.08 bits per heavy atom. The van der Waals surface area contributed by atoms with Gasteiger partial charge in [0.2, 0.25) is 11.8 Å². The van der Waals surface area contributed by atoms with E-state index >= 15 is 0 Å². The quantitative estimate of drug-likeness (QED) is 0.764. The number of halogens is 1. The molecular weight excluding hydrogens is 348 g/mol. The largest absolute Gasteiger partial charge is 0.468 e.